The number of carbonyl (C=O) groups excluding carboxylic acids is 1. The van der Waals surface area contributed by atoms with Crippen molar-refractivity contribution in [2.45, 2.75) is 33.2 Å². The van der Waals surface area contributed by atoms with Gasteiger partial charge in [0.1, 0.15) is 0 Å². The van der Waals surface area contributed by atoms with Crippen molar-refractivity contribution in [2.24, 2.45) is 0 Å². The minimum Gasteiger partial charge on any atom is -0.493 e. The van der Waals surface area contributed by atoms with E-state index < -0.39 is 0 Å². The molecular formula is C22H28N2O3. The van der Waals surface area contributed by atoms with Gasteiger partial charge in [0, 0.05) is 18.3 Å². The number of ether oxygens (including phenoxy) is 2. The van der Waals surface area contributed by atoms with Crippen LogP contribution in [0.25, 0.3) is 0 Å². The first-order chi connectivity index (χ1) is 12.9. The van der Waals surface area contributed by atoms with Crippen LogP contribution in [0, 0.1) is 13.8 Å². The number of carbonyl (C=O) groups is 1. The monoisotopic (exact) mass is 368 g/mol. The highest BCUT2D eigenvalue weighted by Crippen LogP contribution is 2.37. The molecule has 144 valence electrons. The van der Waals surface area contributed by atoms with Gasteiger partial charge in [0.05, 0.1) is 20.8 Å². The fraction of sp³-hybridized carbons (Fsp3) is 0.409. The maximum atomic E-state index is 12.6. The second-order valence-corrected chi connectivity index (χ2v) is 7.15. The van der Waals surface area contributed by atoms with Crippen LogP contribution in [0.5, 0.6) is 11.5 Å². The van der Waals surface area contributed by atoms with E-state index in [1.54, 1.807) is 14.2 Å². The molecule has 0 spiro atoms. The van der Waals surface area contributed by atoms with Crippen LogP contribution in [0.15, 0.2) is 30.3 Å². The van der Waals surface area contributed by atoms with Crippen LogP contribution >= 0.6 is 0 Å². The van der Waals surface area contributed by atoms with Crippen molar-refractivity contribution in [1.82, 2.24) is 4.90 Å². The molecule has 5 nitrogen and oxygen atoms in total. The maximum Gasteiger partial charge on any atom is 0.238 e. The van der Waals surface area contributed by atoms with Gasteiger partial charge in [0.2, 0.25) is 5.91 Å². The Hall–Kier alpha value is -2.53. The summed E-state index contributed by atoms with van der Waals surface area (Å²) in [5, 5.41) is 3.02. The highest BCUT2D eigenvalue weighted by atomic mass is 16.5. The van der Waals surface area contributed by atoms with Gasteiger partial charge in [-0.2, -0.15) is 0 Å². The molecule has 0 saturated carbocycles. The summed E-state index contributed by atoms with van der Waals surface area (Å²) in [5.74, 6) is 1.49. The molecule has 0 aromatic heterocycles. The van der Waals surface area contributed by atoms with Crippen LogP contribution in [-0.2, 0) is 11.2 Å². The first-order valence-electron chi connectivity index (χ1n) is 9.29. The lowest BCUT2D eigenvalue weighted by molar-refractivity contribution is -0.117. The molecule has 5 heteroatoms. The van der Waals surface area contributed by atoms with Crippen molar-refractivity contribution >= 4 is 11.6 Å². The standard InChI is InChI=1S/C22H28N2O3/c1-14-6-7-18(10-15(14)2)23-22(25)13-24-9-8-17-11-20(26-4)21(27-5)12-19(17)16(24)3/h6-7,10-12,16H,8-9,13H2,1-5H3,(H,23,25). The molecule has 0 fully saturated rings. The highest BCUT2D eigenvalue weighted by molar-refractivity contribution is 5.92. The Bertz CT molecular complexity index is 848. The predicted octanol–water partition coefficient (Wildman–Crippen LogP) is 3.88. The van der Waals surface area contributed by atoms with Gasteiger partial charge in [-0.3, -0.25) is 9.69 Å². The van der Waals surface area contributed by atoms with Crippen LogP contribution in [0.2, 0.25) is 0 Å². The molecular weight excluding hydrogens is 340 g/mol. The number of hydrogen-bond acceptors (Lipinski definition) is 4. The third-order valence-electron chi connectivity index (χ3n) is 5.45. The third kappa shape index (κ3) is 4.08. The van der Waals surface area contributed by atoms with Crippen LogP contribution in [0.1, 0.15) is 35.2 Å². The van der Waals surface area contributed by atoms with E-state index in [0.717, 1.165) is 30.2 Å². The zero-order valence-electron chi connectivity index (χ0n) is 16.8. The minimum absolute atomic E-state index is 0.00836. The number of amides is 1. The van der Waals surface area contributed by atoms with Gasteiger partial charge in [-0.05, 0) is 73.7 Å². The highest BCUT2D eigenvalue weighted by Gasteiger charge is 2.27. The second kappa shape index (κ2) is 8.01. The van der Waals surface area contributed by atoms with E-state index in [0.29, 0.717) is 6.54 Å². The number of benzene rings is 2. The number of nitrogens with zero attached hydrogens (tertiary/aromatic N) is 1. The molecule has 0 radical (unpaired) electrons. The van der Waals surface area contributed by atoms with Gasteiger partial charge in [-0.15, -0.1) is 0 Å². The topological polar surface area (TPSA) is 50.8 Å². The SMILES string of the molecule is COc1cc2c(cc1OC)C(C)N(CC(=O)Nc1ccc(C)c(C)c1)CC2. The number of fused-ring (bicyclic) bond motifs is 1. The lowest BCUT2D eigenvalue weighted by Crippen LogP contribution is -2.39. The van der Waals surface area contributed by atoms with Crippen LogP contribution < -0.4 is 14.8 Å². The number of nitrogens with one attached hydrogen (secondary N) is 1. The summed E-state index contributed by atoms with van der Waals surface area (Å²) in [6.07, 6.45) is 0.886. The lowest BCUT2D eigenvalue weighted by Gasteiger charge is -2.35. The number of aryl methyl sites for hydroxylation is 2. The molecule has 3 rings (SSSR count). The van der Waals surface area contributed by atoms with Gasteiger partial charge < -0.3 is 14.8 Å². The Kier molecular flexibility index (Phi) is 5.71. The maximum absolute atomic E-state index is 12.6. The molecule has 27 heavy (non-hydrogen) atoms. The van der Waals surface area contributed by atoms with Crippen molar-refractivity contribution in [1.29, 1.82) is 0 Å². The molecule has 1 amide bonds. The summed E-state index contributed by atoms with van der Waals surface area (Å²) in [6, 6.07) is 10.2. The molecule has 0 aliphatic carbocycles. The van der Waals surface area contributed by atoms with E-state index in [1.807, 2.05) is 24.3 Å². The Labute approximate surface area is 161 Å². The number of methoxy groups -OCH3 is 2. The van der Waals surface area contributed by atoms with Gasteiger partial charge in [0.25, 0.3) is 0 Å². The van der Waals surface area contributed by atoms with Gasteiger partial charge in [-0.25, -0.2) is 0 Å². The molecule has 2 aromatic carbocycles. The zero-order chi connectivity index (χ0) is 19.6. The molecule has 1 aliphatic rings. The number of hydrogen-bond donors (Lipinski definition) is 1. The average Bonchev–Trinajstić information content (AvgIpc) is 2.66. The van der Waals surface area contributed by atoms with Crippen molar-refractivity contribution in [2.75, 3.05) is 32.6 Å². The summed E-state index contributed by atoms with van der Waals surface area (Å²) in [4.78, 5) is 14.8. The van der Waals surface area contributed by atoms with Crippen molar-refractivity contribution in [3.8, 4) is 11.5 Å². The molecule has 0 saturated heterocycles. The van der Waals surface area contributed by atoms with E-state index in [-0.39, 0.29) is 11.9 Å². The van der Waals surface area contributed by atoms with E-state index >= 15 is 0 Å². The molecule has 2 aromatic rings. The number of rotatable bonds is 5. The Morgan fingerprint density at radius 1 is 1.11 bits per heavy atom. The quantitative estimate of drug-likeness (QED) is 0.870. The molecule has 1 heterocycles. The minimum atomic E-state index is 0.00836. The summed E-state index contributed by atoms with van der Waals surface area (Å²) in [5.41, 5.74) is 5.69. The van der Waals surface area contributed by atoms with Crippen molar-refractivity contribution in [3.63, 3.8) is 0 Å². The fourth-order valence-electron chi connectivity index (χ4n) is 3.62. The van der Waals surface area contributed by atoms with Crippen LogP contribution in [-0.4, -0.2) is 38.1 Å². The van der Waals surface area contributed by atoms with E-state index in [9.17, 15) is 4.79 Å². The first kappa shape index (κ1) is 19.2. The summed E-state index contributed by atoms with van der Waals surface area (Å²) < 4.78 is 10.9. The molecule has 1 atom stereocenters. The van der Waals surface area contributed by atoms with E-state index in [1.165, 1.54) is 22.3 Å². The van der Waals surface area contributed by atoms with Crippen molar-refractivity contribution < 1.29 is 14.3 Å². The summed E-state index contributed by atoms with van der Waals surface area (Å²) in [7, 11) is 3.30. The summed E-state index contributed by atoms with van der Waals surface area (Å²) in [6.45, 7) is 7.45. The Morgan fingerprint density at radius 2 is 1.81 bits per heavy atom. The fourth-order valence-corrected chi connectivity index (χ4v) is 3.62. The molecule has 1 unspecified atom stereocenters. The van der Waals surface area contributed by atoms with Crippen LogP contribution in [0.3, 0.4) is 0 Å². The van der Waals surface area contributed by atoms with E-state index in [4.69, 9.17) is 9.47 Å². The van der Waals surface area contributed by atoms with Crippen LogP contribution in [0.4, 0.5) is 5.69 Å². The normalized spacial score (nSPS) is 16.6. The van der Waals surface area contributed by atoms with Gasteiger partial charge in [-0.1, -0.05) is 6.07 Å². The predicted molar refractivity (Wildman–Crippen MR) is 108 cm³/mol. The first-order valence-corrected chi connectivity index (χ1v) is 9.29. The summed E-state index contributed by atoms with van der Waals surface area (Å²) >= 11 is 0. The average molecular weight is 368 g/mol. The van der Waals surface area contributed by atoms with Crippen molar-refractivity contribution in [3.05, 3.63) is 52.6 Å². The number of anilines is 1. The Morgan fingerprint density at radius 3 is 2.48 bits per heavy atom. The van der Waals surface area contributed by atoms with Gasteiger partial charge in [0.15, 0.2) is 11.5 Å². The molecule has 1 N–H and O–H groups in total. The third-order valence-corrected chi connectivity index (χ3v) is 5.45. The second-order valence-electron chi connectivity index (χ2n) is 7.15. The Balaban J connectivity index is 1.71. The van der Waals surface area contributed by atoms with E-state index in [2.05, 4.69) is 37.1 Å². The lowest BCUT2D eigenvalue weighted by atomic mass is 9.93. The smallest absolute Gasteiger partial charge is 0.238 e. The molecule has 1 aliphatic heterocycles. The van der Waals surface area contributed by atoms with Gasteiger partial charge >= 0.3 is 0 Å². The largest absolute Gasteiger partial charge is 0.493 e. The molecule has 0 bridgehead atoms. The zero-order valence-corrected chi connectivity index (χ0v) is 16.8.